The molecule has 1 fully saturated rings. The maximum absolute atomic E-state index is 13.1. The Morgan fingerprint density at radius 2 is 1.93 bits per heavy atom. The molecular weight excluding hydrogens is 384 g/mol. The van der Waals surface area contributed by atoms with E-state index in [1.54, 1.807) is 25.6 Å². The van der Waals surface area contributed by atoms with Crippen molar-refractivity contribution in [2.45, 2.75) is 31.8 Å². The first-order valence-corrected chi connectivity index (χ1v) is 10.6. The third-order valence-electron chi connectivity index (χ3n) is 5.04. The molecule has 1 amide bonds. The lowest BCUT2D eigenvalue weighted by Gasteiger charge is -2.23. The van der Waals surface area contributed by atoms with Gasteiger partial charge < -0.3 is 14.4 Å². The molecule has 0 unspecified atom stereocenters. The smallest absolute Gasteiger partial charge is 0.229 e. The minimum atomic E-state index is 0.0993. The van der Waals surface area contributed by atoms with Crippen LogP contribution in [0.5, 0.6) is 11.5 Å². The van der Waals surface area contributed by atoms with Gasteiger partial charge in [-0.15, -0.1) is 11.3 Å². The Morgan fingerprint density at radius 1 is 1.14 bits per heavy atom. The first-order valence-electron chi connectivity index (χ1n) is 9.68. The number of carbonyl (C=O) groups excluding carboxylic acids is 1. The summed E-state index contributed by atoms with van der Waals surface area (Å²) in [4.78, 5) is 19.8. The molecule has 2 aromatic carbocycles. The monoisotopic (exact) mass is 408 g/mol. The molecule has 4 rings (SSSR count). The highest BCUT2D eigenvalue weighted by Crippen LogP contribution is 2.33. The molecule has 1 aliphatic rings. The van der Waals surface area contributed by atoms with Gasteiger partial charge in [-0.25, -0.2) is 4.98 Å². The largest absolute Gasteiger partial charge is 0.497 e. The van der Waals surface area contributed by atoms with Crippen molar-refractivity contribution in [3.8, 4) is 22.1 Å². The molecule has 0 spiro atoms. The van der Waals surface area contributed by atoms with Crippen LogP contribution in [-0.4, -0.2) is 36.1 Å². The third-order valence-corrected chi connectivity index (χ3v) is 5.98. The van der Waals surface area contributed by atoms with Crippen molar-refractivity contribution in [2.24, 2.45) is 0 Å². The van der Waals surface area contributed by atoms with Crippen molar-refractivity contribution in [1.29, 1.82) is 0 Å². The van der Waals surface area contributed by atoms with E-state index < -0.39 is 0 Å². The Hall–Kier alpha value is -2.86. The van der Waals surface area contributed by atoms with Gasteiger partial charge in [0.25, 0.3) is 0 Å². The van der Waals surface area contributed by atoms with Crippen LogP contribution in [0.3, 0.4) is 0 Å². The third kappa shape index (κ3) is 4.59. The van der Waals surface area contributed by atoms with E-state index in [0.717, 1.165) is 46.2 Å². The number of hydrogen-bond donors (Lipinski definition) is 0. The first kappa shape index (κ1) is 19.5. The van der Waals surface area contributed by atoms with Crippen LogP contribution >= 0.6 is 11.3 Å². The summed E-state index contributed by atoms with van der Waals surface area (Å²) in [5.74, 6) is 1.63. The number of nitrogens with zero attached hydrogens (tertiary/aromatic N) is 2. The number of carbonyl (C=O) groups is 1. The molecule has 1 aromatic heterocycles. The zero-order chi connectivity index (χ0) is 20.2. The molecule has 1 saturated carbocycles. The number of rotatable bonds is 8. The maximum atomic E-state index is 13.1. The van der Waals surface area contributed by atoms with Crippen molar-refractivity contribution in [3.63, 3.8) is 0 Å². The summed E-state index contributed by atoms with van der Waals surface area (Å²) >= 11 is 1.58. The quantitative estimate of drug-likeness (QED) is 0.548. The fraction of sp³-hybridized carbons (Fsp3) is 0.304. The molecule has 0 atom stereocenters. The van der Waals surface area contributed by atoms with Gasteiger partial charge in [0.15, 0.2) is 0 Å². The maximum Gasteiger partial charge on any atom is 0.229 e. The molecule has 0 N–H and O–H groups in total. The summed E-state index contributed by atoms with van der Waals surface area (Å²) < 4.78 is 10.8. The highest BCUT2D eigenvalue weighted by Gasteiger charge is 2.33. The van der Waals surface area contributed by atoms with Gasteiger partial charge in [0.2, 0.25) is 5.91 Å². The van der Waals surface area contributed by atoms with E-state index in [0.29, 0.717) is 19.0 Å². The van der Waals surface area contributed by atoms with E-state index in [4.69, 9.17) is 9.47 Å². The first-order chi connectivity index (χ1) is 14.2. The van der Waals surface area contributed by atoms with Crippen molar-refractivity contribution < 1.29 is 14.3 Å². The number of aromatic nitrogens is 1. The molecule has 0 saturated heterocycles. The summed E-state index contributed by atoms with van der Waals surface area (Å²) in [5, 5.41) is 2.93. The summed E-state index contributed by atoms with van der Waals surface area (Å²) in [7, 11) is 3.29. The number of ether oxygens (including phenoxy) is 2. The van der Waals surface area contributed by atoms with E-state index >= 15 is 0 Å². The lowest BCUT2D eigenvalue weighted by Crippen LogP contribution is -2.34. The van der Waals surface area contributed by atoms with Gasteiger partial charge in [0.05, 0.1) is 26.3 Å². The number of hydrogen-bond acceptors (Lipinski definition) is 5. The minimum absolute atomic E-state index is 0.0993. The van der Waals surface area contributed by atoms with Gasteiger partial charge >= 0.3 is 0 Å². The number of thiazole rings is 1. The van der Waals surface area contributed by atoms with Crippen molar-refractivity contribution in [1.82, 2.24) is 9.88 Å². The van der Waals surface area contributed by atoms with E-state index in [1.807, 2.05) is 58.8 Å². The van der Waals surface area contributed by atoms with Crippen LogP contribution in [0.1, 0.15) is 24.1 Å². The van der Waals surface area contributed by atoms with Gasteiger partial charge in [-0.05, 0) is 31.0 Å². The Morgan fingerprint density at radius 3 is 2.62 bits per heavy atom. The molecule has 6 heteroatoms. The Labute approximate surface area is 174 Å². The minimum Gasteiger partial charge on any atom is -0.497 e. The van der Waals surface area contributed by atoms with Crippen LogP contribution < -0.4 is 9.47 Å². The summed E-state index contributed by atoms with van der Waals surface area (Å²) in [6, 6.07) is 16.1. The van der Waals surface area contributed by atoms with Crippen LogP contribution in [0, 0.1) is 0 Å². The van der Waals surface area contributed by atoms with Crippen LogP contribution in [0.2, 0.25) is 0 Å². The van der Waals surface area contributed by atoms with Crippen LogP contribution in [0.4, 0.5) is 0 Å². The molecule has 150 valence electrons. The highest BCUT2D eigenvalue weighted by molar-refractivity contribution is 7.13. The molecule has 3 aromatic rings. The molecular formula is C23H24N2O3S. The van der Waals surface area contributed by atoms with Gasteiger partial charge in [0, 0.05) is 29.1 Å². The average Bonchev–Trinajstić information content (AvgIpc) is 3.50. The predicted molar refractivity (Wildman–Crippen MR) is 114 cm³/mol. The molecule has 0 bridgehead atoms. The van der Waals surface area contributed by atoms with Crippen molar-refractivity contribution in [2.75, 3.05) is 14.2 Å². The molecule has 5 nitrogen and oxygen atoms in total. The second-order valence-corrected chi connectivity index (χ2v) is 7.98. The van der Waals surface area contributed by atoms with Crippen LogP contribution in [-0.2, 0) is 17.8 Å². The van der Waals surface area contributed by atoms with Crippen molar-refractivity contribution >= 4 is 17.2 Å². The van der Waals surface area contributed by atoms with Gasteiger partial charge in [-0.1, -0.05) is 30.3 Å². The Kier molecular flexibility index (Phi) is 5.81. The summed E-state index contributed by atoms with van der Waals surface area (Å²) in [6.07, 6.45) is 2.40. The standard InChI is InChI=1S/C23H24N2O3S/c1-27-20-10-11-21(28-2)17(12-20)14-25(19-8-9-19)22(26)13-18-15-29-23(24-18)16-6-4-3-5-7-16/h3-7,10-12,15,19H,8-9,13-14H2,1-2H3. The highest BCUT2D eigenvalue weighted by atomic mass is 32.1. The van der Waals surface area contributed by atoms with E-state index in [-0.39, 0.29) is 5.91 Å². The zero-order valence-electron chi connectivity index (χ0n) is 16.6. The zero-order valence-corrected chi connectivity index (χ0v) is 17.4. The molecule has 0 radical (unpaired) electrons. The topological polar surface area (TPSA) is 51.7 Å². The average molecular weight is 409 g/mol. The lowest BCUT2D eigenvalue weighted by atomic mass is 10.1. The van der Waals surface area contributed by atoms with Gasteiger partial charge in [-0.2, -0.15) is 0 Å². The molecule has 29 heavy (non-hydrogen) atoms. The summed E-state index contributed by atoms with van der Waals surface area (Å²) in [5.41, 5.74) is 2.86. The second-order valence-electron chi connectivity index (χ2n) is 7.12. The molecule has 1 aliphatic carbocycles. The Balaban J connectivity index is 1.50. The fourth-order valence-corrected chi connectivity index (χ4v) is 4.18. The van der Waals surface area contributed by atoms with Crippen LogP contribution in [0.25, 0.3) is 10.6 Å². The Bertz CT molecular complexity index is 983. The fourth-order valence-electron chi connectivity index (χ4n) is 3.35. The molecule has 0 aliphatic heterocycles. The van der Waals surface area contributed by atoms with Crippen molar-refractivity contribution in [3.05, 3.63) is 65.2 Å². The predicted octanol–water partition coefficient (Wildman–Crippen LogP) is 4.56. The van der Waals surface area contributed by atoms with E-state index in [1.165, 1.54) is 0 Å². The van der Waals surface area contributed by atoms with Crippen LogP contribution in [0.15, 0.2) is 53.9 Å². The number of amides is 1. The normalized spacial score (nSPS) is 13.2. The second kappa shape index (κ2) is 8.66. The summed E-state index contributed by atoms with van der Waals surface area (Å²) in [6.45, 7) is 0.513. The molecule has 1 heterocycles. The van der Waals surface area contributed by atoms with E-state index in [9.17, 15) is 4.79 Å². The van der Waals surface area contributed by atoms with Gasteiger partial charge in [-0.3, -0.25) is 4.79 Å². The lowest BCUT2D eigenvalue weighted by molar-refractivity contribution is -0.131. The number of benzene rings is 2. The van der Waals surface area contributed by atoms with E-state index in [2.05, 4.69) is 4.98 Å². The van der Waals surface area contributed by atoms with Gasteiger partial charge in [0.1, 0.15) is 16.5 Å². The number of methoxy groups -OCH3 is 2. The SMILES string of the molecule is COc1ccc(OC)c(CN(C(=O)Cc2csc(-c3ccccc3)n2)C2CC2)c1.